The molecule has 2 unspecified atom stereocenters. The number of benzene rings is 1. The first-order valence-corrected chi connectivity index (χ1v) is 7.32. The third-order valence-electron chi connectivity index (χ3n) is 3.92. The molecule has 106 valence electrons. The van der Waals surface area contributed by atoms with Gasteiger partial charge in [-0.05, 0) is 24.0 Å². The van der Waals surface area contributed by atoms with Gasteiger partial charge in [0.05, 0.1) is 6.04 Å². The van der Waals surface area contributed by atoms with E-state index in [1.807, 2.05) is 30.3 Å². The highest BCUT2D eigenvalue weighted by molar-refractivity contribution is 5.52. The molecule has 1 N–H and O–H groups in total. The van der Waals surface area contributed by atoms with Crippen LogP contribution < -0.4 is 5.32 Å². The van der Waals surface area contributed by atoms with Crippen molar-refractivity contribution in [2.24, 2.45) is 5.92 Å². The van der Waals surface area contributed by atoms with E-state index in [9.17, 15) is 0 Å². The van der Waals surface area contributed by atoms with Gasteiger partial charge < -0.3 is 5.32 Å². The number of rotatable bonds is 5. The quantitative estimate of drug-likeness (QED) is 0.906. The number of nitrogens with zero attached hydrogens (tertiary/aromatic N) is 4. The Morgan fingerprint density at radius 1 is 1.25 bits per heavy atom. The molecule has 20 heavy (non-hydrogen) atoms. The highest BCUT2D eigenvalue weighted by Gasteiger charge is 2.34. The summed E-state index contributed by atoms with van der Waals surface area (Å²) in [6.45, 7) is 5.38. The molecule has 1 heterocycles. The summed E-state index contributed by atoms with van der Waals surface area (Å²) in [6, 6.07) is 10.9. The molecular weight excluding hydrogens is 250 g/mol. The number of hydrogen-bond acceptors (Lipinski definition) is 4. The average molecular weight is 271 g/mol. The summed E-state index contributed by atoms with van der Waals surface area (Å²) in [5.74, 6) is 1.34. The van der Waals surface area contributed by atoms with E-state index < -0.39 is 0 Å². The van der Waals surface area contributed by atoms with Crippen molar-refractivity contribution in [2.75, 3.05) is 6.54 Å². The van der Waals surface area contributed by atoms with Crippen LogP contribution in [-0.2, 0) is 0 Å². The van der Waals surface area contributed by atoms with Gasteiger partial charge in [0.2, 0.25) is 5.82 Å². The summed E-state index contributed by atoms with van der Waals surface area (Å²) in [5, 5.41) is 16.5. The molecule has 0 amide bonds. The Morgan fingerprint density at radius 3 is 2.70 bits per heavy atom. The molecule has 2 atom stereocenters. The highest BCUT2D eigenvalue weighted by Crippen LogP contribution is 2.37. The van der Waals surface area contributed by atoms with Gasteiger partial charge in [0.1, 0.15) is 0 Å². The van der Waals surface area contributed by atoms with Crippen LogP contribution in [0.1, 0.15) is 32.7 Å². The zero-order valence-corrected chi connectivity index (χ0v) is 12.0. The van der Waals surface area contributed by atoms with Crippen molar-refractivity contribution in [3.8, 4) is 11.4 Å². The molecule has 1 fully saturated rings. The van der Waals surface area contributed by atoms with E-state index >= 15 is 0 Å². The molecule has 0 saturated heterocycles. The molecule has 1 aliphatic rings. The Kier molecular flexibility index (Phi) is 3.78. The average Bonchev–Trinajstić information content (AvgIpc) is 2.87. The van der Waals surface area contributed by atoms with E-state index in [0.29, 0.717) is 23.8 Å². The third-order valence-corrected chi connectivity index (χ3v) is 3.92. The second kappa shape index (κ2) is 5.71. The zero-order valence-electron chi connectivity index (χ0n) is 12.0. The smallest absolute Gasteiger partial charge is 0.204 e. The first-order chi connectivity index (χ1) is 9.74. The molecule has 3 rings (SSSR count). The van der Waals surface area contributed by atoms with Crippen molar-refractivity contribution in [2.45, 2.75) is 38.8 Å². The van der Waals surface area contributed by atoms with Crippen molar-refractivity contribution in [3.05, 3.63) is 30.3 Å². The van der Waals surface area contributed by atoms with E-state index in [2.05, 4.69) is 34.6 Å². The molecule has 0 aliphatic heterocycles. The molecule has 1 aromatic heterocycles. The minimum Gasteiger partial charge on any atom is -0.314 e. The van der Waals surface area contributed by atoms with Gasteiger partial charge in [0.15, 0.2) is 0 Å². The van der Waals surface area contributed by atoms with E-state index in [-0.39, 0.29) is 0 Å². The largest absolute Gasteiger partial charge is 0.314 e. The van der Waals surface area contributed by atoms with Crippen molar-refractivity contribution >= 4 is 0 Å². The van der Waals surface area contributed by atoms with Gasteiger partial charge >= 0.3 is 0 Å². The van der Waals surface area contributed by atoms with Gasteiger partial charge in [-0.1, -0.05) is 44.2 Å². The Hall–Kier alpha value is -1.75. The lowest BCUT2D eigenvalue weighted by Gasteiger charge is -2.35. The van der Waals surface area contributed by atoms with Crippen molar-refractivity contribution in [3.63, 3.8) is 0 Å². The summed E-state index contributed by atoms with van der Waals surface area (Å²) in [7, 11) is 0. The maximum atomic E-state index is 4.55. The SMILES string of the molecule is CC(C)NCC1CCC1n1nnc(-c2ccccc2)n1. The van der Waals surface area contributed by atoms with Gasteiger partial charge in [-0.3, -0.25) is 0 Å². The van der Waals surface area contributed by atoms with Gasteiger partial charge in [-0.2, -0.15) is 4.80 Å². The molecule has 1 aliphatic carbocycles. The predicted octanol–water partition coefficient (Wildman–Crippen LogP) is 2.29. The summed E-state index contributed by atoms with van der Waals surface area (Å²) in [5.41, 5.74) is 1.02. The zero-order chi connectivity index (χ0) is 13.9. The Labute approximate surface area is 119 Å². The Morgan fingerprint density at radius 2 is 2.05 bits per heavy atom. The molecule has 1 saturated carbocycles. The second-order valence-corrected chi connectivity index (χ2v) is 5.77. The van der Waals surface area contributed by atoms with Crippen LogP contribution >= 0.6 is 0 Å². The lowest BCUT2D eigenvalue weighted by atomic mass is 9.80. The van der Waals surface area contributed by atoms with Crippen molar-refractivity contribution in [1.82, 2.24) is 25.5 Å². The number of tetrazole rings is 1. The lowest BCUT2D eigenvalue weighted by Crippen LogP contribution is -2.39. The lowest BCUT2D eigenvalue weighted by molar-refractivity contribution is 0.142. The molecular formula is C15H21N5. The summed E-state index contributed by atoms with van der Waals surface area (Å²) >= 11 is 0. The van der Waals surface area contributed by atoms with Crippen LogP contribution in [0.2, 0.25) is 0 Å². The number of nitrogens with one attached hydrogen (secondary N) is 1. The summed E-state index contributed by atoms with van der Waals surface area (Å²) in [4.78, 5) is 1.80. The number of hydrogen-bond donors (Lipinski definition) is 1. The molecule has 1 aromatic carbocycles. The third kappa shape index (κ3) is 2.72. The predicted molar refractivity (Wildman–Crippen MR) is 78.2 cm³/mol. The van der Waals surface area contributed by atoms with E-state index in [1.54, 1.807) is 4.80 Å². The second-order valence-electron chi connectivity index (χ2n) is 5.77. The number of aromatic nitrogens is 4. The van der Waals surface area contributed by atoms with Gasteiger partial charge in [-0.15, -0.1) is 10.2 Å². The first kappa shape index (κ1) is 13.2. The van der Waals surface area contributed by atoms with Crippen LogP contribution in [0.25, 0.3) is 11.4 Å². The fraction of sp³-hybridized carbons (Fsp3) is 0.533. The maximum absolute atomic E-state index is 4.55. The molecule has 0 radical (unpaired) electrons. The van der Waals surface area contributed by atoms with Crippen LogP contribution in [0.5, 0.6) is 0 Å². The summed E-state index contributed by atoms with van der Waals surface area (Å²) in [6.07, 6.45) is 2.39. The topological polar surface area (TPSA) is 55.6 Å². The minimum absolute atomic E-state index is 0.395. The van der Waals surface area contributed by atoms with E-state index in [4.69, 9.17) is 0 Å². The van der Waals surface area contributed by atoms with Gasteiger partial charge in [0.25, 0.3) is 0 Å². The Balaban J connectivity index is 1.68. The van der Waals surface area contributed by atoms with E-state index in [1.165, 1.54) is 6.42 Å². The molecule has 0 spiro atoms. The molecule has 5 heteroatoms. The minimum atomic E-state index is 0.395. The van der Waals surface area contributed by atoms with Gasteiger partial charge in [0, 0.05) is 18.2 Å². The van der Waals surface area contributed by atoms with Crippen LogP contribution in [0, 0.1) is 5.92 Å². The van der Waals surface area contributed by atoms with Crippen molar-refractivity contribution in [1.29, 1.82) is 0 Å². The highest BCUT2D eigenvalue weighted by atomic mass is 15.6. The van der Waals surface area contributed by atoms with Crippen LogP contribution in [0.3, 0.4) is 0 Å². The van der Waals surface area contributed by atoms with Crippen molar-refractivity contribution < 1.29 is 0 Å². The summed E-state index contributed by atoms with van der Waals surface area (Å²) < 4.78 is 0. The van der Waals surface area contributed by atoms with Gasteiger partial charge in [-0.25, -0.2) is 0 Å². The molecule has 5 nitrogen and oxygen atoms in total. The standard InChI is InChI=1S/C15H21N5/c1-11(2)16-10-13-8-9-14(13)20-18-15(17-19-20)12-6-4-3-5-7-12/h3-7,11,13-14,16H,8-10H2,1-2H3. The normalized spacial score (nSPS) is 21.9. The molecule has 0 bridgehead atoms. The molecule has 2 aromatic rings. The fourth-order valence-corrected chi connectivity index (χ4v) is 2.55. The Bertz CT molecular complexity index is 548. The van der Waals surface area contributed by atoms with E-state index in [0.717, 1.165) is 18.5 Å². The first-order valence-electron chi connectivity index (χ1n) is 7.32. The van der Waals surface area contributed by atoms with Crippen LogP contribution in [0.4, 0.5) is 0 Å². The fourth-order valence-electron chi connectivity index (χ4n) is 2.55. The van der Waals surface area contributed by atoms with Crippen LogP contribution in [-0.4, -0.2) is 32.8 Å². The monoisotopic (exact) mass is 271 g/mol. The maximum Gasteiger partial charge on any atom is 0.204 e. The van der Waals surface area contributed by atoms with Crippen LogP contribution in [0.15, 0.2) is 30.3 Å².